The number of hydrogen-bond donors (Lipinski definition) is 1. The lowest BCUT2D eigenvalue weighted by molar-refractivity contribution is 0.467. The van der Waals surface area contributed by atoms with Crippen molar-refractivity contribution in [2.45, 2.75) is 19.4 Å². The van der Waals surface area contributed by atoms with Crippen LogP contribution in [0.3, 0.4) is 0 Å². The lowest BCUT2D eigenvalue weighted by atomic mass is 10.0. The van der Waals surface area contributed by atoms with Crippen LogP contribution in [0.25, 0.3) is 0 Å². The molecule has 0 saturated carbocycles. The SMILES string of the molecule is C[C@H]1Cc2ccccc2[C@H]1NS(C)(=O)=O. The summed E-state index contributed by atoms with van der Waals surface area (Å²) >= 11 is 0. The van der Waals surface area contributed by atoms with Crippen molar-refractivity contribution in [3.63, 3.8) is 0 Å². The van der Waals surface area contributed by atoms with Gasteiger partial charge in [-0.15, -0.1) is 0 Å². The van der Waals surface area contributed by atoms with Crippen LogP contribution in [0.15, 0.2) is 24.3 Å². The Hall–Kier alpha value is -0.870. The molecule has 0 unspecified atom stereocenters. The van der Waals surface area contributed by atoms with Crippen molar-refractivity contribution in [3.8, 4) is 0 Å². The molecule has 3 nitrogen and oxygen atoms in total. The zero-order valence-corrected chi connectivity index (χ0v) is 9.71. The quantitative estimate of drug-likeness (QED) is 0.828. The van der Waals surface area contributed by atoms with Crippen LogP contribution in [0, 0.1) is 5.92 Å². The maximum atomic E-state index is 11.2. The molecule has 0 amide bonds. The van der Waals surface area contributed by atoms with Gasteiger partial charge in [-0.3, -0.25) is 0 Å². The van der Waals surface area contributed by atoms with E-state index in [4.69, 9.17) is 0 Å². The smallest absolute Gasteiger partial charge is 0.209 e. The van der Waals surface area contributed by atoms with Gasteiger partial charge in [0.05, 0.1) is 6.26 Å². The second-order valence-corrected chi connectivity index (χ2v) is 6.03. The summed E-state index contributed by atoms with van der Waals surface area (Å²) in [6.07, 6.45) is 2.16. The first-order valence-electron chi connectivity index (χ1n) is 5.02. The van der Waals surface area contributed by atoms with Crippen LogP contribution in [-0.4, -0.2) is 14.7 Å². The van der Waals surface area contributed by atoms with E-state index in [1.54, 1.807) is 0 Å². The van der Waals surface area contributed by atoms with E-state index < -0.39 is 10.0 Å². The van der Waals surface area contributed by atoms with Crippen molar-refractivity contribution >= 4 is 10.0 Å². The van der Waals surface area contributed by atoms with Gasteiger partial charge in [0, 0.05) is 6.04 Å². The zero-order chi connectivity index (χ0) is 11.1. The molecule has 0 saturated heterocycles. The Kier molecular flexibility index (Phi) is 2.56. The molecule has 0 radical (unpaired) electrons. The van der Waals surface area contributed by atoms with Crippen molar-refractivity contribution in [1.82, 2.24) is 4.72 Å². The van der Waals surface area contributed by atoms with Crippen LogP contribution in [-0.2, 0) is 16.4 Å². The second kappa shape index (κ2) is 3.61. The van der Waals surface area contributed by atoms with E-state index in [0.29, 0.717) is 5.92 Å². The van der Waals surface area contributed by atoms with Crippen LogP contribution in [0.2, 0.25) is 0 Å². The first-order chi connectivity index (χ1) is 6.97. The molecule has 0 aliphatic heterocycles. The molecule has 1 aliphatic carbocycles. The van der Waals surface area contributed by atoms with Crippen molar-refractivity contribution < 1.29 is 8.42 Å². The minimum Gasteiger partial charge on any atom is -0.213 e. The number of nitrogens with one attached hydrogen (secondary N) is 1. The molecule has 2 atom stereocenters. The van der Waals surface area contributed by atoms with Gasteiger partial charge in [0.1, 0.15) is 0 Å². The van der Waals surface area contributed by atoms with Crippen LogP contribution < -0.4 is 4.72 Å². The first-order valence-corrected chi connectivity index (χ1v) is 6.91. The molecule has 4 heteroatoms. The summed E-state index contributed by atoms with van der Waals surface area (Å²) in [5.41, 5.74) is 2.38. The Labute approximate surface area is 90.6 Å². The molecule has 15 heavy (non-hydrogen) atoms. The van der Waals surface area contributed by atoms with Crippen molar-refractivity contribution in [2.24, 2.45) is 5.92 Å². The average molecular weight is 225 g/mol. The van der Waals surface area contributed by atoms with Gasteiger partial charge < -0.3 is 0 Å². The van der Waals surface area contributed by atoms with Gasteiger partial charge in [-0.25, -0.2) is 13.1 Å². The van der Waals surface area contributed by atoms with E-state index >= 15 is 0 Å². The second-order valence-electron chi connectivity index (χ2n) is 4.25. The van der Waals surface area contributed by atoms with Crippen LogP contribution in [0.4, 0.5) is 0 Å². The molecule has 0 fully saturated rings. The number of fused-ring (bicyclic) bond motifs is 1. The molecular formula is C11H15NO2S. The third-order valence-corrected chi connectivity index (χ3v) is 3.52. The predicted molar refractivity (Wildman–Crippen MR) is 60.0 cm³/mol. The molecule has 82 valence electrons. The Morgan fingerprint density at radius 2 is 2.00 bits per heavy atom. The fraction of sp³-hybridized carbons (Fsp3) is 0.455. The van der Waals surface area contributed by atoms with Crippen LogP contribution in [0.1, 0.15) is 24.1 Å². The molecule has 1 aromatic rings. The Morgan fingerprint density at radius 1 is 1.33 bits per heavy atom. The van der Waals surface area contributed by atoms with E-state index in [9.17, 15) is 8.42 Å². The fourth-order valence-corrected chi connectivity index (χ4v) is 3.03. The molecule has 0 bridgehead atoms. The number of hydrogen-bond acceptors (Lipinski definition) is 2. The normalized spacial score (nSPS) is 25.2. The van der Waals surface area contributed by atoms with Crippen LogP contribution in [0.5, 0.6) is 0 Å². The molecule has 0 spiro atoms. The first kappa shape index (κ1) is 10.6. The summed E-state index contributed by atoms with van der Waals surface area (Å²) < 4.78 is 25.2. The van der Waals surface area contributed by atoms with E-state index in [-0.39, 0.29) is 6.04 Å². The summed E-state index contributed by atoms with van der Waals surface area (Å²) in [6.45, 7) is 2.07. The third-order valence-electron chi connectivity index (χ3n) is 2.84. The maximum absolute atomic E-state index is 11.2. The van der Waals surface area contributed by atoms with Crippen molar-refractivity contribution in [1.29, 1.82) is 0 Å². The largest absolute Gasteiger partial charge is 0.213 e. The molecular weight excluding hydrogens is 210 g/mol. The highest BCUT2D eigenvalue weighted by Crippen LogP contribution is 2.35. The molecule has 2 rings (SSSR count). The fourth-order valence-electron chi connectivity index (χ4n) is 2.21. The third kappa shape index (κ3) is 2.21. The predicted octanol–water partition coefficient (Wildman–Crippen LogP) is 1.47. The highest BCUT2D eigenvalue weighted by Gasteiger charge is 2.30. The van der Waals surface area contributed by atoms with Gasteiger partial charge in [0.15, 0.2) is 0 Å². The summed E-state index contributed by atoms with van der Waals surface area (Å²) in [7, 11) is -3.13. The molecule has 0 aromatic heterocycles. The van der Waals surface area contributed by atoms with Gasteiger partial charge in [0.2, 0.25) is 10.0 Å². The zero-order valence-electron chi connectivity index (χ0n) is 8.90. The summed E-state index contributed by atoms with van der Waals surface area (Å²) in [5, 5.41) is 0. The van der Waals surface area contributed by atoms with Gasteiger partial charge in [-0.05, 0) is 23.5 Å². The Bertz CT molecular complexity index is 467. The number of rotatable bonds is 2. The minimum absolute atomic E-state index is 0.0591. The van der Waals surface area contributed by atoms with E-state index in [1.165, 1.54) is 11.8 Å². The van der Waals surface area contributed by atoms with Crippen LogP contribution >= 0.6 is 0 Å². The summed E-state index contributed by atoms with van der Waals surface area (Å²) in [5.74, 6) is 0.331. The highest BCUT2D eigenvalue weighted by molar-refractivity contribution is 7.88. The average Bonchev–Trinajstić information content (AvgIpc) is 2.41. The van der Waals surface area contributed by atoms with Crippen molar-refractivity contribution in [2.75, 3.05) is 6.26 Å². The molecule has 1 aliphatic rings. The van der Waals surface area contributed by atoms with Gasteiger partial charge in [0.25, 0.3) is 0 Å². The van der Waals surface area contributed by atoms with Gasteiger partial charge >= 0.3 is 0 Å². The summed E-state index contributed by atoms with van der Waals surface area (Å²) in [4.78, 5) is 0. The Morgan fingerprint density at radius 3 is 2.67 bits per heavy atom. The number of sulfonamides is 1. The lowest BCUT2D eigenvalue weighted by Gasteiger charge is -2.16. The molecule has 1 aromatic carbocycles. The van der Waals surface area contributed by atoms with E-state index in [0.717, 1.165) is 12.0 Å². The number of benzene rings is 1. The highest BCUT2D eigenvalue weighted by atomic mass is 32.2. The standard InChI is InChI=1S/C11H15NO2S/c1-8-7-9-5-3-4-6-10(9)11(8)12-15(2,13)14/h3-6,8,11-12H,7H2,1-2H3/t8-,11-/m0/s1. The Balaban J connectivity index is 2.34. The van der Waals surface area contributed by atoms with Gasteiger partial charge in [-0.1, -0.05) is 31.2 Å². The monoisotopic (exact) mass is 225 g/mol. The van der Waals surface area contributed by atoms with E-state index in [2.05, 4.69) is 17.7 Å². The summed E-state index contributed by atoms with van der Waals surface area (Å²) in [6, 6.07) is 7.95. The van der Waals surface area contributed by atoms with Gasteiger partial charge in [-0.2, -0.15) is 0 Å². The molecule has 0 heterocycles. The maximum Gasteiger partial charge on any atom is 0.209 e. The minimum atomic E-state index is -3.13. The topological polar surface area (TPSA) is 46.2 Å². The lowest BCUT2D eigenvalue weighted by Crippen LogP contribution is -2.29. The van der Waals surface area contributed by atoms with E-state index in [1.807, 2.05) is 18.2 Å². The van der Waals surface area contributed by atoms with Crippen molar-refractivity contribution in [3.05, 3.63) is 35.4 Å². The molecule has 1 N–H and O–H groups in total.